The van der Waals surface area contributed by atoms with E-state index in [1.165, 1.54) is 12.1 Å². The number of methoxy groups -OCH3 is 2. The molecule has 0 aliphatic rings. The molecule has 1 heterocycles. The number of aromatic amines is 1. The van der Waals surface area contributed by atoms with E-state index in [2.05, 4.69) is 20.5 Å². The zero-order valence-electron chi connectivity index (χ0n) is 15.7. The second-order valence-electron chi connectivity index (χ2n) is 6.12. The predicted molar refractivity (Wildman–Crippen MR) is 104 cm³/mol. The zero-order valence-corrected chi connectivity index (χ0v) is 15.7. The Hall–Kier alpha value is -3.42. The van der Waals surface area contributed by atoms with Gasteiger partial charge in [0.05, 0.1) is 14.2 Å². The maximum Gasteiger partial charge on any atom is 0.274 e. The smallest absolute Gasteiger partial charge is 0.274 e. The van der Waals surface area contributed by atoms with Crippen molar-refractivity contribution in [2.45, 2.75) is 12.8 Å². The summed E-state index contributed by atoms with van der Waals surface area (Å²) in [5.74, 6) is 1.32. The molecule has 0 spiro atoms. The fourth-order valence-corrected chi connectivity index (χ4v) is 2.71. The maximum atomic E-state index is 13.0. The molecule has 28 heavy (non-hydrogen) atoms. The summed E-state index contributed by atoms with van der Waals surface area (Å²) in [4.78, 5) is 14.9. The third-order valence-electron chi connectivity index (χ3n) is 4.20. The Morgan fingerprint density at radius 1 is 1.00 bits per heavy atom. The molecule has 7 nitrogen and oxygen atoms in total. The van der Waals surface area contributed by atoms with E-state index in [0.29, 0.717) is 30.4 Å². The molecule has 0 bridgehead atoms. The number of nitrogens with one attached hydrogen (secondary N) is 2. The van der Waals surface area contributed by atoms with Crippen LogP contribution >= 0.6 is 0 Å². The lowest BCUT2D eigenvalue weighted by atomic mass is 10.1. The number of rotatable bonds is 8. The van der Waals surface area contributed by atoms with Gasteiger partial charge in [-0.25, -0.2) is 4.39 Å². The minimum absolute atomic E-state index is 0.275. The van der Waals surface area contributed by atoms with Crippen LogP contribution in [-0.2, 0) is 12.8 Å². The minimum atomic E-state index is -0.326. The molecule has 0 aliphatic carbocycles. The maximum absolute atomic E-state index is 13.0. The monoisotopic (exact) mass is 384 g/mol. The normalized spacial score (nSPS) is 10.5. The number of anilines is 1. The van der Waals surface area contributed by atoms with Crippen molar-refractivity contribution < 1.29 is 13.9 Å². The van der Waals surface area contributed by atoms with Gasteiger partial charge in [-0.3, -0.25) is 9.78 Å². The first-order valence-corrected chi connectivity index (χ1v) is 8.74. The number of ether oxygens (including phenoxy) is 2. The lowest BCUT2D eigenvalue weighted by molar-refractivity contribution is 0.354. The van der Waals surface area contributed by atoms with Crippen LogP contribution in [-0.4, -0.2) is 35.9 Å². The number of halogens is 1. The molecule has 1 aromatic heterocycles. The van der Waals surface area contributed by atoms with Gasteiger partial charge in [0.25, 0.3) is 5.56 Å². The van der Waals surface area contributed by atoms with E-state index in [0.717, 1.165) is 11.1 Å². The molecular formula is C20H21FN4O3. The highest BCUT2D eigenvalue weighted by molar-refractivity contribution is 5.43. The van der Waals surface area contributed by atoms with Gasteiger partial charge in [0.1, 0.15) is 11.5 Å². The molecular weight excluding hydrogens is 363 g/mol. The number of hydrogen-bond acceptors (Lipinski definition) is 6. The molecule has 0 saturated heterocycles. The molecule has 0 aliphatic heterocycles. The molecule has 2 aromatic carbocycles. The molecule has 8 heteroatoms. The summed E-state index contributed by atoms with van der Waals surface area (Å²) in [6, 6.07) is 11.6. The lowest BCUT2D eigenvalue weighted by Crippen LogP contribution is -2.20. The Kier molecular flexibility index (Phi) is 6.21. The third kappa shape index (κ3) is 4.85. The van der Waals surface area contributed by atoms with E-state index in [1.54, 1.807) is 26.4 Å². The van der Waals surface area contributed by atoms with Gasteiger partial charge in [0.15, 0.2) is 11.5 Å². The second-order valence-corrected chi connectivity index (χ2v) is 6.12. The Labute approximate surface area is 161 Å². The van der Waals surface area contributed by atoms with Crippen LogP contribution in [0.5, 0.6) is 11.5 Å². The van der Waals surface area contributed by atoms with Crippen molar-refractivity contribution >= 4 is 5.95 Å². The summed E-state index contributed by atoms with van der Waals surface area (Å²) < 4.78 is 23.5. The van der Waals surface area contributed by atoms with E-state index in [-0.39, 0.29) is 23.5 Å². The lowest BCUT2D eigenvalue weighted by Gasteiger charge is -2.10. The van der Waals surface area contributed by atoms with Gasteiger partial charge in [-0.1, -0.05) is 18.2 Å². The van der Waals surface area contributed by atoms with Gasteiger partial charge < -0.3 is 14.8 Å². The first-order valence-electron chi connectivity index (χ1n) is 8.74. The average Bonchev–Trinajstić information content (AvgIpc) is 2.71. The van der Waals surface area contributed by atoms with E-state index in [4.69, 9.17) is 9.47 Å². The standard InChI is InChI=1S/C20H21FN4O3/c1-27-17-8-5-14(12-18(17)28-2)9-10-22-20-23-19(26)16(24-25-20)11-13-3-6-15(21)7-4-13/h3-8,12H,9-11H2,1-2H3,(H2,22,23,25,26). The van der Waals surface area contributed by atoms with Crippen LogP contribution in [0.1, 0.15) is 16.8 Å². The Morgan fingerprint density at radius 2 is 1.71 bits per heavy atom. The quantitative estimate of drug-likeness (QED) is 0.621. The SMILES string of the molecule is COc1ccc(CCNc2nnc(Cc3ccc(F)cc3)c(=O)[nH]2)cc1OC. The predicted octanol–water partition coefficient (Wildman–Crippen LogP) is 2.57. The van der Waals surface area contributed by atoms with E-state index < -0.39 is 0 Å². The summed E-state index contributed by atoms with van der Waals surface area (Å²) in [7, 11) is 3.18. The van der Waals surface area contributed by atoms with Crippen molar-refractivity contribution in [3.8, 4) is 11.5 Å². The molecule has 0 radical (unpaired) electrons. The molecule has 0 unspecified atom stereocenters. The second kappa shape index (κ2) is 8.98. The van der Waals surface area contributed by atoms with Crippen molar-refractivity contribution in [1.82, 2.24) is 15.2 Å². The molecule has 146 valence electrons. The molecule has 2 N–H and O–H groups in total. The largest absolute Gasteiger partial charge is 0.493 e. The highest BCUT2D eigenvalue weighted by Crippen LogP contribution is 2.27. The first kappa shape index (κ1) is 19.3. The van der Waals surface area contributed by atoms with Gasteiger partial charge in [-0.05, 0) is 41.8 Å². The van der Waals surface area contributed by atoms with Crippen LogP contribution in [0.25, 0.3) is 0 Å². The van der Waals surface area contributed by atoms with Gasteiger partial charge in [-0.15, -0.1) is 10.2 Å². The van der Waals surface area contributed by atoms with Crippen molar-refractivity contribution in [1.29, 1.82) is 0 Å². The molecule has 0 saturated carbocycles. The van der Waals surface area contributed by atoms with Crippen LogP contribution in [0.3, 0.4) is 0 Å². The summed E-state index contributed by atoms with van der Waals surface area (Å²) in [6.07, 6.45) is 0.982. The number of benzene rings is 2. The third-order valence-corrected chi connectivity index (χ3v) is 4.20. The summed E-state index contributed by atoms with van der Waals surface area (Å²) in [5.41, 5.74) is 1.79. The number of nitrogens with zero attached hydrogens (tertiary/aromatic N) is 2. The zero-order chi connectivity index (χ0) is 19.9. The van der Waals surface area contributed by atoms with Crippen molar-refractivity contribution in [2.75, 3.05) is 26.1 Å². The Bertz CT molecular complexity index is 989. The fraction of sp³-hybridized carbons (Fsp3) is 0.250. The Balaban J connectivity index is 1.59. The summed E-state index contributed by atoms with van der Waals surface area (Å²) >= 11 is 0. The minimum Gasteiger partial charge on any atom is -0.493 e. The molecule has 0 atom stereocenters. The van der Waals surface area contributed by atoms with Crippen LogP contribution in [0.2, 0.25) is 0 Å². The van der Waals surface area contributed by atoms with E-state index >= 15 is 0 Å². The van der Waals surface area contributed by atoms with Crippen LogP contribution in [0.15, 0.2) is 47.3 Å². The molecule has 3 aromatic rings. The van der Waals surface area contributed by atoms with Crippen LogP contribution < -0.4 is 20.3 Å². The van der Waals surface area contributed by atoms with E-state index in [9.17, 15) is 9.18 Å². The number of H-pyrrole nitrogens is 1. The molecule has 0 amide bonds. The van der Waals surface area contributed by atoms with E-state index in [1.807, 2.05) is 18.2 Å². The fourth-order valence-electron chi connectivity index (χ4n) is 2.71. The van der Waals surface area contributed by atoms with Crippen molar-refractivity contribution in [3.05, 3.63) is 75.5 Å². The van der Waals surface area contributed by atoms with Gasteiger partial charge in [0, 0.05) is 13.0 Å². The van der Waals surface area contributed by atoms with Crippen LogP contribution in [0, 0.1) is 5.82 Å². The Morgan fingerprint density at radius 3 is 2.39 bits per heavy atom. The summed E-state index contributed by atoms with van der Waals surface area (Å²) in [5, 5.41) is 11.0. The average molecular weight is 384 g/mol. The number of hydrogen-bond donors (Lipinski definition) is 2. The van der Waals surface area contributed by atoms with Gasteiger partial charge >= 0.3 is 0 Å². The molecule has 3 rings (SSSR count). The summed E-state index contributed by atoms with van der Waals surface area (Å²) in [6.45, 7) is 0.553. The highest BCUT2D eigenvalue weighted by Gasteiger charge is 2.07. The number of aromatic nitrogens is 3. The molecule has 0 fully saturated rings. The first-order chi connectivity index (χ1) is 13.6. The topological polar surface area (TPSA) is 89.1 Å². The van der Waals surface area contributed by atoms with Crippen molar-refractivity contribution in [3.63, 3.8) is 0 Å². The van der Waals surface area contributed by atoms with Crippen molar-refractivity contribution in [2.24, 2.45) is 0 Å². The van der Waals surface area contributed by atoms with Gasteiger partial charge in [0.2, 0.25) is 5.95 Å². The van der Waals surface area contributed by atoms with Crippen LogP contribution in [0.4, 0.5) is 10.3 Å². The highest BCUT2D eigenvalue weighted by atomic mass is 19.1. The van der Waals surface area contributed by atoms with Gasteiger partial charge in [-0.2, -0.15) is 0 Å².